The Kier molecular flexibility index (Phi) is 6.39. The molecule has 0 aromatic carbocycles. The second-order valence-corrected chi connectivity index (χ2v) is 5.40. The molecule has 1 rings (SSSR count). The van der Waals surface area contributed by atoms with Gasteiger partial charge in [0.25, 0.3) is 0 Å². The molecule has 0 aromatic heterocycles. The molecule has 1 aliphatic rings. The van der Waals surface area contributed by atoms with Gasteiger partial charge < -0.3 is 15.7 Å². The maximum absolute atomic E-state index is 11.6. The number of carbonyl (C=O) groups is 2. The highest BCUT2D eigenvalue weighted by atomic mass is 16.4. The summed E-state index contributed by atoms with van der Waals surface area (Å²) >= 11 is 0. The molecule has 1 aliphatic carbocycles. The van der Waals surface area contributed by atoms with E-state index in [2.05, 4.69) is 24.1 Å². The molecule has 0 aromatic rings. The van der Waals surface area contributed by atoms with Crippen LogP contribution in [0, 0.1) is 11.8 Å². The van der Waals surface area contributed by atoms with Crippen LogP contribution in [0.4, 0.5) is 4.79 Å². The van der Waals surface area contributed by atoms with Crippen molar-refractivity contribution >= 4 is 12.0 Å². The van der Waals surface area contributed by atoms with Gasteiger partial charge >= 0.3 is 12.0 Å². The standard InChI is InChI=1S/C14H24N2O3/c1-3-4-12(13(17)18)16-14(19)15-9-11-7-5-10(2)6-8-11/h3,10-12H,1,4-9H2,2H3,(H,17,18)(H2,15,16,19). The van der Waals surface area contributed by atoms with Crippen LogP contribution in [0.25, 0.3) is 0 Å². The molecule has 0 radical (unpaired) electrons. The van der Waals surface area contributed by atoms with E-state index in [0.29, 0.717) is 12.5 Å². The average molecular weight is 268 g/mol. The minimum atomic E-state index is -1.04. The van der Waals surface area contributed by atoms with Gasteiger partial charge in [-0.15, -0.1) is 6.58 Å². The average Bonchev–Trinajstić information content (AvgIpc) is 2.37. The third-order valence-electron chi connectivity index (χ3n) is 3.69. The molecule has 19 heavy (non-hydrogen) atoms. The third kappa shape index (κ3) is 5.77. The predicted molar refractivity (Wildman–Crippen MR) is 73.9 cm³/mol. The van der Waals surface area contributed by atoms with Crippen molar-refractivity contribution in [1.29, 1.82) is 0 Å². The summed E-state index contributed by atoms with van der Waals surface area (Å²) in [6.45, 7) is 6.36. The van der Waals surface area contributed by atoms with Gasteiger partial charge in [-0.1, -0.05) is 25.8 Å². The van der Waals surface area contributed by atoms with E-state index >= 15 is 0 Å². The van der Waals surface area contributed by atoms with Crippen molar-refractivity contribution in [1.82, 2.24) is 10.6 Å². The van der Waals surface area contributed by atoms with Gasteiger partial charge in [0.1, 0.15) is 6.04 Å². The summed E-state index contributed by atoms with van der Waals surface area (Å²) in [5, 5.41) is 14.1. The first-order valence-corrected chi connectivity index (χ1v) is 6.91. The van der Waals surface area contributed by atoms with Gasteiger partial charge in [-0.25, -0.2) is 9.59 Å². The zero-order valence-corrected chi connectivity index (χ0v) is 11.5. The predicted octanol–water partition coefficient (Wildman–Crippen LogP) is 2.14. The van der Waals surface area contributed by atoms with Crippen LogP contribution < -0.4 is 10.6 Å². The quantitative estimate of drug-likeness (QED) is 0.646. The lowest BCUT2D eigenvalue weighted by molar-refractivity contribution is -0.139. The molecular weight excluding hydrogens is 244 g/mol. The zero-order chi connectivity index (χ0) is 14.3. The van der Waals surface area contributed by atoms with Crippen molar-refractivity contribution in [3.8, 4) is 0 Å². The largest absolute Gasteiger partial charge is 0.480 e. The Bertz CT molecular complexity index is 323. The Morgan fingerprint density at radius 2 is 2.00 bits per heavy atom. The van der Waals surface area contributed by atoms with Crippen LogP contribution in [0.15, 0.2) is 12.7 Å². The van der Waals surface area contributed by atoms with Crippen molar-refractivity contribution in [2.24, 2.45) is 11.8 Å². The summed E-state index contributed by atoms with van der Waals surface area (Å²) in [5.74, 6) is 0.264. The van der Waals surface area contributed by atoms with E-state index in [0.717, 1.165) is 18.8 Å². The van der Waals surface area contributed by atoms with E-state index in [1.165, 1.54) is 18.9 Å². The molecule has 0 spiro atoms. The minimum absolute atomic E-state index is 0.226. The molecule has 108 valence electrons. The fraction of sp³-hybridized carbons (Fsp3) is 0.714. The van der Waals surface area contributed by atoms with Crippen molar-refractivity contribution in [2.45, 2.75) is 45.1 Å². The van der Waals surface area contributed by atoms with Crippen LogP contribution in [0.3, 0.4) is 0 Å². The monoisotopic (exact) mass is 268 g/mol. The number of carbonyl (C=O) groups excluding carboxylic acids is 1. The summed E-state index contributed by atoms with van der Waals surface area (Å²) < 4.78 is 0. The first-order chi connectivity index (χ1) is 9.02. The van der Waals surface area contributed by atoms with Crippen LogP contribution in [0.5, 0.6) is 0 Å². The van der Waals surface area contributed by atoms with Crippen molar-refractivity contribution < 1.29 is 14.7 Å². The lowest BCUT2D eigenvalue weighted by atomic mass is 9.83. The number of hydrogen-bond acceptors (Lipinski definition) is 2. The Morgan fingerprint density at radius 1 is 1.37 bits per heavy atom. The highest BCUT2D eigenvalue weighted by Crippen LogP contribution is 2.27. The number of urea groups is 1. The van der Waals surface area contributed by atoms with Gasteiger partial charge in [0, 0.05) is 6.54 Å². The van der Waals surface area contributed by atoms with Gasteiger partial charge in [0.05, 0.1) is 0 Å². The summed E-state index contributed by atoms with van der Waals surface area (Å²) in [4.78, 5) is 22.5. The lowest BCUT2D eigenvalue weighted by Gasteiger charge is -2.26. The van der Waals surface area contributed by atoms with Crippen LogP contribution in [-0.2, 0) is 4.79 Å². The highest BCUT2D eigenvalue weighted by molar-refractivity contribution is 5.82. The van der Waals surface area contributed by atoms with Gasteiger partial charge in [-0.05, 0) is 31.1 Å². The number of aliphatic carboxylic acids is 1. The summed E-state index contributed by atoms with van der Waals surface area (Å²) in [5.41, 5.74) is 0. The second-order valence-electron chi connectivity index (χ2n) is 5.40. The van der Waals surface area contributed by atoms with Crippen LogP contribution in [0.1, 0.15) is 39.0 Å². The van der Waals surface area contributed by atoms with Crippen LogP contribution in [-0.4, -0.2) is 29.7 Å². The summed E-state index contributed by atoms with van der Waals surface area (Å²) in [6.07, 6.45) is 6.41. The molecule has 5 heteroatoms. The van der Waals surface area contributed by atoms with E-state index < -0.39 is 18.0 Å². The van der Waals surface area contributed by atoms with E-state index in [-0.39, 0.29) is 6.42 Å². The maximum atomic E-state index is 11.6. The first kappa shape index (κ1) is 15.5. The maximum Gasteiger partial charge on any atom is 0.326 e. The van der Waals surface area contributed by atoms with Gasteiger partial charge in [0.15, 0.2) is 0 Å². The number of carboxylic acid groups (broad SMARTS) is 1. The summed E-state index contributed by atoms with van der Waals surface area (Å²) in [7, 11) is 0. The molecule has 1 atom stereocenters. The van der Waals surface area contributed by atoms with Gasteiger partial charge in [0.2, 0.25) is 0 Å². The number of hydrogen-bond donors (Lipinski definition) is 3. The topological polar surface area (TPSA) is 78.4 Å². The fourth-order valence-electron chi connectivity index (χ4n) is 2.37. The normalized spacial score (nSPS) is 24.3. The Labute approximate surface area is 114 Å². The molecule has 0 heterocycles. The van der Waals surface area contributed by atoms with Crippen molar-refractivity contribution in [3.63, 3.8) is 0 Å². The van der Waals surface area contributed by atoms with Crippen molar-refractivity contribution in [2.75, 3.05) is 6.54 Å². The molecule has 3 N–H and O–H groups in total. The molecule has 0 aliphatic heterocycles. The third-order valence-corrected chi connectivity index (χ3v) is 3.69. The minimum Gasteiger partial charge on any atom is -0.480 e. The van der Waals surface area contributed by atoms with Crippen LogP contribution >= 0.6 is 0 Å². The number of amides is 2. The van der Waals surface area contributed by atoms with E-state index in [9.17, 15) is 9.59 Å². The number of rotatable bonds is 6. The zero-order valence-electron chi connectivity index (χ0n) is 11.5. The molecule has 5 nitrogen and oxygen atoms in total. The smallest absolute Gasteiger partial charge is 0.326 e. The van der Waals surface area contributed by atoms with Crippen LogP contribution in [0.2, 0.25) is 0 Å². The van der Waals surface area contributed by atoms with Gasteiger partial charge in [-0.2, -0.15) is 0 Å². The van der Waals surface area contributed by atoms with E-state index in [1.54, 1.807) is 0 Å². The first-order valence-electron chi connectivity index (χ1n) is 6.91. The van der Waals surface area contributed by atoms with Gasteiger partial charge in [-0.3, -0.25) is 0 Å². The summed E-state index contributed by atoms with van der Waals surface area (Å²) in [6, 6.07) is -1.31. The Hall–Kier alpha value is -1.52. The molecule has 0 bridgehead atoms. The lowest BCUT2D eigenvalue weighted by Crippen LogP contribution is -2.47. The molecule has 0 saturated heterocycles. The van der Waals surface area contributed by atoms with E-state index in [4.69, 9.17) is 5.11 Å². The SMILES string of the molecule is C=CCC(NC(=O)NCC1CCC(C)CC1)C(=O)O. The van der Waals surface area contributed by atoms with Crippen molar-refractivity contribution in [3.05, 3.63) is 12.7 Å². The molecule has 2 amide bonds. The number of nitrogens with one attached hydrogen (secondary N) is 2. The Morgan fingerprint density at radius 3 is 2.53 bits per heavy atom. The molecular formula is C14H24N2O3. The second kappa shape index (κ2) is 7.81. The molecule has 1 saturated carbocycles. The highest BCUT2D eigenvalue weighted by Gasteiger charge is 2.21. The molecule has 1 unspecified atom stereocenters. The molecule has 1 fully saturated rings. The fourth-order valence-corrected chi connectivity index (χ4v) is 2.37. The number of carboxylic acids is 1. The Balaban J connectivity index is 2.26. The van der Waals surface area contributed by atoms with E-state index in [1.807, 2.05) is 0 Å².